The van der Waals surface area contributed by atoms with Crippen molar-refractivity contribution in [3.05, 3.63) is 101 Å². The van der Waals surface area contributed by atoms with Gasteiger partial charge in [0.25, 0.3) is 5.91 Å². The number of carbonyl (C=O) groups is 2. The van der Waals surface area contributed by atoms with Crippen molar-refractivity contribution in [2.75, 3.05) is 0 Å². The zero-order valence-corrected chi connectivity index (χ0v) is 14.8. The molecule has 1 aromatic heterocycles. The van der Waals surface area contributed by atoms with Crippen LogP contribution in [-0.4, -0.2) is 23.2 Å². The first-order valence-electron chi connectivity index (χ1n) is 8.74. The Labute approximate surface area is 158 Å². The van der Waals surface area contributed by atoms with Gasteiger partial charge in [-0.05, 0) is 41.8 Å². The average Bonchev–Trinajstić information content (AvgIpc) is 2.73. The van der Waals surface area contributed by atoms with Crippen LogP contribution < -0.4 is 5.32 Å². The molecule has 1 heterocycles. The molecule has 1 unspecified atom stereocenters. The van der Waals surface area contributed by atoms with Crippen LogP contribution in [0.1, 0.15) is 27.2 Å². The summed E-state index contributed by atoms with van der Waals surface area (Å²) < 4.78 is 0. The largest absolute Gasteiger partial charge is 0.342 e. The molecule has 1 N–H and O–H groups in total. The molecule has 0 aliphatic carbocycles. The molecule has 0 fully saturated rings. The number of nitrogens with one attached hydrogen (secondary N) is 1. The van der Waals surface area contributed by atoms with E-state index >= 15 is 0 Å². The van der Waals surface area contributed by atoms with E-state index in [1.165, 1.54) is 0 Å². The first-order valence-corrected chi connectivity index (χ1v) is 8.74. The van der Waals surface area contributed by atoms with Crippen LogP contribution in [0.4, 0.5) is 0 Å². The summed E-state index contributed by atoms with van der Waals surface area (Å²) in [6, 6.07) is 22.0. The van der Waals surface area contributed by atoms with E-state index in [2.05, 4.69) is 10.3 Å². The van der Waals surface area contributed by atoms with Crippen molar-refractivity contribution < 1.29 is 9.59 Å². The quantitative estimate of drug-likeness (QED) is 0.655. The molecule has 2 aromatic carbocycles. The number of aldehydes is 1. The Balaban J connectivity index is 1.74. The van der Waals surface area contributed by atoms with Gasteiger partial charge in [-0.25, -0.2) is 0 Å². The first kappa shape index (κ1) is 18.3. The fourth-order valence-corrected chi connectivity index (χ4v) is 2.75. The van der Waals surface area contributed by atoms with Crippen molar-refractivity contribution in [3.8, 4) is 0 Å². The zero-order valence-electron chi connectivity index (χ0n) is 14.8. The van der Waals surface area contributed by atoms with Crippen LogP contribution in [0.15, 0.2) is 79.0 Å². The van der Waals surface area contributed by atoms with E-state index in [0.29, 0.717) is 12.0 Å². The Hall–Kier alpha value is -3.53. The molecule has 1 atom stereocenters. The molecule has 0 spiro atoms. The fraction of sp³-hybridized carbons (Fsp3) is 0.0870. The smallest absolute Gasteiger partial charge is 0.252 e. The van der Waals surface area contributed by atoms with Crippen molar-refractivity contribution in [1.82, 2.24) is 10.3 Å². The van der Waals surface area contributed by atoms with E-state index in [0.717, 1.165) is 23.1 Å². The van der Waals surface area contributed by atoms with E-state index < -0.39 is 6.04 Å². The maximum atomic E-state index is 12.7. The van der Waals surface area contributed by atoms with E-state index in [1.807, 2.05) is 72.8 Å². The number of hydrogen-bond acceptors (Lipinski definition) is 3. The molecule has 134 valence electrons. The maximum Gasteiger partial charge on any atom is 0.252 e. The summed E-state index contributed by atoms with van der Waals surface area (Å²) in [6.07, 6.45) is 6.66. The second-order valence-electron chi connectivity index (χ2n) is 6.08. The molecule has 3 rings (SSSR count). The Morgan fingerprint density at radius 2 is 1.67 bits per heavy atom. The molecule has 0 aliphatic rings. The molecule has 1 amide bonds. The van der Waals surface area contributed by atoms with Crippen LogP contribution in [0.3, 0.4) is 0 Å². The van der Waals surface area contributed by atoms with Crippen LogP contribution in [0.5, 0.6) is 0 Å². The predicted octanol–water partition coefficient (Wildman–Crippen LogP) is 3.79. The number of aromatic nitrogens is 1. The van der Waals surface area contributed by atoms with E-state index in [-0.39, 0.29) is 5.91 Å². The molecule has 0 saturated heterocycles. The van der Waals surface area contributed by atoms with Gasteiger partial charge >= 0.3 is 0 Å². The van der Waals surface area contributed by atoms with Gasteiger partial charge in [-0.3, -0.25) is 9.78 Å². The highest BCUT2D eigenvalue weighted by molar-refractivity contribution is 5.99. The van der Waals surface area contributed by atoms with Gasteiger partial charge in [0.05, 0.1) is 11.7 Å². The highest BCUT2D eigenvalue weighted by Gasteiger charge is 2.15. The normalized spacial score (nSPS) is 11.9. The Morgan fingerprint density at radius 1 is 0.926 bits per heavy atom. The predicted molar refractivity (Wildman–Crippen MR) is 107 cm³/mol. The lowest BCUT2D eigenvalue weighted by Gasteiger charge is -2.14. The van der Waals surface area contributed by atoms with Gasteiger partial charge in [-0.1, -0.05) is 60.7 Å². The first-order chi connectivity index (χ1) is 13.3. The van der Waals surface area contributed by atoms with Crippen molar-refractivity contribution in [2.45, 2.75) is 12.5 Å². The van der Waals surface area contributed by atoms with E-state index in [4.69, 9.17) is 0 Å². The van der Waals surface area contributed by atoms with Gasteiger partial charge in [0.1, 0.15) is 6.29 Å². The van der Waals surface area contributed by atoms with Crippen molar-refractivity contribution >= 4 is 24.3 Å². The standard InChI is InChI=1S/C23H20N2O2/c26-17-21(16-18-8-2-1-3-9-18)25-23(27)22-12-5-4-10-19(22)13-14-20-11-6-7-15-24-20/h1-15,17,21H,16H2,(H,25,27)/b14-13+. The highest BCUT2D eigenvalue weighted by atomic mass is 16.2. The minimum Gasteiger partial charge on any atom is -0.342 e. The number of benzene rings is 2. The third-order valence-corrected chi connectivity index (χ3v) is 4.11. The van der Waals surface area contributed by atoms with Crippen LogP contribution in [0.25, 0.3) is 12.2 Å². The maximum absolute atomic E-state index is 12.7. The summed E-state index contributed by atoms with van der Waals surface area (Å²) in [6.45, 7) is 0. The van der Waals surface area contributed by atoms with Gasteiger partial charge in [-0.2, -0.15) is 0 Å². The van der Waals surface area contributed by atoms with Crippen molar-refractivity contribution in [3.63, 3.8) is 0 Å². The molecular formula is C23H20N2O2. The summed E-state index contributed by atoms with van der Waals surface area (Å²) in [4.78, 5) is 28.4. The third kappa shape index (κ3) is 5.22. The minimum atomic E-state index is -0.576. The van der Waals surface area contributed by atoms with Crippen LogP contribution >= 0.6 is 0 Å². The molecule has 0 saturated carbocycles. The summed E-state index contributed by atoms with van der Waals surface area (Å²) in [7, 11) is 0. The third-order valence-electron chi connectivity index (χ3n) is 4.11. The van der Waals surface area contributed by atoms with Gasteiger partial charge in [0.2, 0.25) is 0 Å². The number of pyridine rings is 1. The van der Waals surface area contributed by atoms with Gasteiger partial charge in [0, 0.05) is 11.8 Å². The van der Waals surface area contributed by atoms with E-state index in [9.17, 15) is 9.59 Å². The summed E-state index contributed by atoms with van der Waals surface area (Å²) in [5.74, 6) is -0.274. The second kappa shape index (κ2) is 9.25. The molecule has 0 radical (unpaired) electrons. The lowest BCUT2D eigenvalue weighted by atomic mass is 10.0. The van der Waals surface area contributed by atoms with Crippen LogP contribution in [0, 0.1) is 0 Å². The fourth-order valence-electron chi connectivity index (χ4n) is 2.75. The zero-order chi connectivity index (χ0) is 18.9. The molecule has 0 aliphatic heterocycles. The Kier molecular flexibility index (Phi) is 6.26. The summed E-state index contributed by atoms with van der Waals surface area (Å²) >= 11 is 0. The SMILES string of the molecule is O=CC(Cc1ccccc1)NC(=O)c1ccccc1/C=C/c1ccccn1. The topological polar surface area (TPSA) is 59.1 Å². The lowest BCUT2D eigenvalue weighted by Crippen LogP contribution is -2.37. The highest BCUT2D eigenvalue weighted by Crippen LogP contribution is 2.13. The summed E-state index contributed by atoms with van der Waals surface area (Å²) in [5, 5.41) is 2.81. The molecular weight excluding hydrogens is 336 g/mol. The van der Waals surface area contributed by atoms with E-state index in [1.54, 1.807) is 18.3 Å². The molecule has 27 heavy (non-hydrogen) atoms. The van der Waals surface area contributed by atoms with Gasteiger partial charge < -0.3 is 10.1 Å². The van der Waals surface area contributed by atoms with Gasteiger partial charge in [0.15, 0.2) is 0 Å². The monoisotopic (exact) mass is 356 g/mol. The second-order valence-corrected chi connectivity index (χ2v) is 6.08. The molecule has 3 aromatic rings. The minimum absolute atomic E-state index is 0.274. The van der Waals surface area contributed by atoms with Crippen molar-refractivity contribution in [1.29, 1.82) is 0 Å². The molecule has 0 bridgehead atoms. The number of amides is 1. The number of rotatable bonds is 7. The van der Waals surface area contributed by atoms with Crippen molar-refractivity contribution in [2.24, 2.45) is 0 Å². The summed E-state index contributed by atoms with van der Waals surface area (Å²) in [5.41, 5.74) is 3.09. The molecule has 4 nitrogen and oxygen atoms in total. The van der Waals surface area contributed by atoms with Gasteiger partial charge in [-0.15, -0.1) is 0 Å². The average molecular weight is 356 g/mol. The number of carbonyl (C=O) groups excluding carboxylic acids is 2. The van der Waals surface area contributed by atoms with Crippen LogP contribution in [-0.2, 0) is 11.2 Å². The Bertz CT molecular complexity index is 921. The number of hydrogen-bond donors (Lipinski definition) is 1. The lowest BCUT2D eigenvalue weighted by molar-refractivity contribution is -0.109. The Morgan fingerprint density at radius 3 is 2.41 bits per heavy atom. The molecule has 4 heteroatoms. The number of nitrogens with zero attached hydrogens (tertiary/aromatic N) is 1. The van der Waals surface area contributed by atoms with Crippen LogP contribution in [0.2, 0.25) is 0 Å².